The van der Waals surface area contributed by atoms with Crippen molar-refractivity contribution in [3.05, 3.63) is 70.3 Å². The highest BCUT2D eigenvalue weighted by Gasteiger charge is 2.36. The summed E-state index contributed by atoms with van der Waals surface area (Å²) in [5.41, 5.74) is 1.84. The van der Waals surface area contributed by atoms with Gasteiger partial charge in [0.15, 0.2) is 0 Å². The molecule has 2 heterocycles. The van der Waals surface area contributed by atoms with E-state index in [1.807, 2.05) is 31.3 Å². The van der Waals surface area contributed by atoms with Crippen molar-refractivity contribution in [2.75, 3.05) is 20.2 Å². The Morgan fingerprint density at radius 2 is 2.04 bits per heavy atom. The van der Waals surface area contributed by atoms with Crippen LogP contribution in [0.15, 0.2) is 58.3 Å². The van der Waals surface area contributed by atoms with Crippen molar-refractivity contribution in [2.24, 2.45) is 0 Å². The van der Waals surface area contributed by atoms with E-state index in [1.54, 1.807) is 19.1 Å². The molecule has 0 saturated carbocycles. The number of amides is 2. The highest BCUT2D eigenvalue weighted by Crippen LogP contribution is 2.27. The summed E-state index contributed by atoms with van der Waals surface area (Å²) >= 11 is 6.25. The van der Waals surface area contributed by atoms with Gasteiger partial charge in [0.1, 0.15) is 24.9 Å². The van der Waals surface area contributed by atoms with E-state index in [-0.39, 0.29) is 6.61 Å². The molecule has 3 N–H and O–H groups in total. The van der Waals surface area contributed by atoms with Crippen molar-refractivity contribution in [1.29, 1.82) is 0 Å². The predicted octanol–water partition coefficient (Wildman–Crippen LogP) is 1.82. The topological polar surface area (TPSA) is 85.0 Å². The number of carbonyl (C=O) groups excluding carboxylic acids is 2. The first-order valence-corrected chi connectivity index (χ1v) is 9.43. The van der Waals surface area contributed by atoms with Crippen molar-refractivity contribution >= 4 is 23.6 Å². The Labute approximate surface area is 168 Å². The smallest absolute Gasteiger partial charge is 0.338 e. The average molecular weight is 405 g/mol. The normalized spacial score (nSPS) is 17.7. The maximum Gasteiger partial charge on any atom is 0.338 e. The number of ether oxygens (including phenoxy) is 1. The quantitative estimate of drug-likeness (QED) is 0.614. The van der Waals surface area contributed by atoms with Gasteiger partial charge in [-0.3, -0.25) is 0 Å². The summed E-state index contributed by atoms with van der Waals surface area (Å²) in [6.07, 6.45) is 1.50. The van der Waals surface area contributed by atoms with Gasteiger partial charge in [0, 0.05) is 10.6 Å². The monoisotopic (exact) mass is 404 g/mol. The third-order valence-corrected chi connectivity index (χ3v) is 4.77. The number of rotatable bonds is 7. The second kappa shape index (κ2) is 8.95. The van der Waals surface area contributed by atoms with Gasteiger partial charge >= 0.3 is 12.0 Å². The number of halogens is 1. The number of esters is 1. The van der Waals surface area contributed by atoms with Crippen LogP contribution in [-0.2, 0) is 16.1 Å². The Balaban J connectivity index is 1.90. The van der Waals surface area contributed by atoms with E-state index in [0.717, 1.165) is 10.5 Å². The molecule has 2 aromatic rings. The van der Waals surface area contributed by atoms with Crippen LogP contribution in [0.1, 0.15) is 24.3 Å². The van der Waals surface area contributed by atoms with Gasteiger partial charge in [-0.15, -0.1) is 0 Å². The second-order valence-electron chi connectivity index (χ2n) is 6.56. The first kappa shape index (κ1) is 20.0. The van der Waals surface area contributed by atoms with Gasteiger partial charge in [0.2, 0.25) is 0 Å². The van der Waals surface area contributed by atoms with Gasteiger partial charge in [0.05, 0.1) is 31.2 Å². The Hall–Kier alpha value is -2.77. The molecule has 0 radical (unpaired) electrons. The molecule has 1 aliphatic heterocycles. The third kappa shape index (κ3) is 4.55. The Morgan fingerprint density at radius 1 is 1.25 bits per heavy atom. The fraction of sp³-hybridized carbons (Fsp3) is 0.300. The van der Waals surface area contributed by atoms with E-state index in [4.69, 9.17) is 20.8 Å². The number of hydrogen-bond acceptors (Lipinski definition) is 4. The Kier molecular flexibility index (Phi) is 6.38. The SMILES string of the molecule is CCOC(=O)C1=C(C[NH+](C)Cc2ccccc2Cl)NC(=O)N[C@@H]1c1ccco1. The molecule has 0 aliphatic carbocycles. The molecule has 3 rings (SSSR count). The summed E-state index contributed by atoms with van der Waals surface area (Å²) in [7, 11) is 1.97. The minimum atomic E-state index is -0.703. The molecule has 0 bridgehead atoms. The van der Waals surface area contributed by atoms with Crippen molar-refractivity contribution in [3.8, 4) is 0 Å². The summed E-state index contributed by atoms with van der Waals surface area (Å²) in [6, 6.07) is 9.93. The minimum Gasteiger partial charge on any atom is -0.467 e. The highest BCUT2D eigenvalue weighted by molar-refractivity contribution is 6.31. The number of hydrogen-bond donors (Lipinski definition) is 3. The average Bonchev–Trinajstić information content (AvgIpc) is 3.18. The van der Waals surface area contributed by atoms with Gasteiger partial charge < -0.3 is 24.7 Å². The van der Waals surface area contributed by atoms with Gasteiger partial charge in [-0.2, -0.15) is 0 Å². The standard InChI is InChI=1S/C20H22ClN3O4/c1-3-27-19(25)17-15(12-24(2)11-13-7-4-5-8-14(13)21)22-20(26)23-18(17)16-9-6-10-28-16/h4-10,18H,3,11-12H2,1-2H3,(H2,22,23,26)/p+1/t18-/m1/s1. The molecule has 1 aromatic carbocycles. The number of urea groups is 1. The van der Waals surface area contributed by atoms with E-state index in [9.17, 15) is 9.59 Å². The fourth-order valence-electron chi connectivity index (χ4n) is 3.21. The number of nitrogens with one attached hydrogen (secondary N) is 3. The van der Waals surface area contributed by atoms with E-state index < -0.39 is 18.0 Å². The molecule has 0 fully saturated rings. The number of quaternary nitrogens is 1. The van der Waals surface area contributed by atoms with Crippen LogP contribution in [0.25, 0.3) is 0 Å². The van der Waals surface area contributed by atoms with Crippen LogP contribution in [-0.4, -0.2) is 32.2 Å². The lowest BCUT2D eigenvalue weighted by molar-refractivity contribution is -0.889. The molecule has 2 amide bonds. The number of furan rings is 1. The summed E-state index contributed by atoms with van der Waals surface area (Å²) in [4.78, 5) is 25.9. The zero-order valence-electron chi connectivity index (χ0n) is 15.8. The van der Waals surface area contributed by atoms with Crippen LogP contribution in [0.5, 0.6) is 0 Å². The second-order valence-corrected chi connectivity index (χ2v) is 6.97. The van der Waals surface area contributed by atoms with E-state index in [1.165, 1.54) is 6.26 Å². The molecule has 2 atom stereocenters. The lowest BCUT2D eigenvalue weighted by Crippen LogP contribution is -3.08. The van der Waals surface area contributed by atoms with Gasteiger partial charge in [0.25, 0.3) is 0 Å². The van der Waals surface area contributed by atoms with Gasteiger partial charge in [-0.1, -0.05) is 29.8 Å². The summed E-state index contributed by atoms with van der Waals surface area (Å²) in [5.74, 6) is -0.0175. The summed E-state index contributed by atoms with van der Waals surface area (Å²) in [5, 5.41) is 6.18. The minimum absolute atomic E-state index is 0.233. The number of likely N-dealkylation sites (N-methyl/N-ethyl adjacent to an activating group) is 1. The van der Waals surface area contributed by atoms with E-state index in [2.05, 4.69) is 10.6 Å². The molecule has 8 heteroatoms. The van der Waals surface area contributed by atoms with Crippen molar-refractivity contribution in [1.82, 2.24) is 10.6 Å². The van der Waals surface area contributed by atoms with Crippen molar-refractivity contribution in [3.63, 3.8) is 0 Å². The zero-order chi connectivity index (χ0) is 20.1. The fourth-order valence-corrected chi connectivity index (χ4v) is 3.41. The Morgan fingerprint density at radius 3 is 2.71 bits per heavy atom. The van der Waals surface area contributed by atoms with E-state index in [0.29, 0.717) is 35.1 Å². The summed E-state index contributed by atoms with van der Waals surface area (Å²) in [6.45, 7) is 3.01. The molecule has 7 nitrogen and oxygen atoms in total. The van der Waals surface area contributed by atoms with Gasteiger partial charge in [-0.05, 0) is 25.1 Å². The predicted molar refractivity (Wildman–Crippen MR) is 104 cm³/mol. The molecule has 1 aliphatic rings. The molecule has 1 unspecified atom stereocenters. The van der Waals surface area contributed by atoms with Gasteiger partial charge in [-0.25, -0.2) is 9.59 Å². The number of benzene rings is 1. The lowest BCUT2D eigenvalue weighted by Gasteiger charge is -2.28. The molecule has 1 aromatic heterocycles. The van der Waals surface area contributed by atoms with Crippen molar-refractivity contribution < 1.29 is 23.6 Å². The zero-order valence-corrected chi connectivity index (χ0v) is 16.5. The summed E-state index contributed by atoms with van der Waals surface area (Å²) < 4.78 is 10.7. The van der Waals surface area contributed by atoms with Crippen LogP contribution < -0.4 is 15.5 Å². The van der Waals surface area contributed by atoms with Crippen LogP contribution in [0, 0.1) is 0 Å². The van der Waals surface area contributed by atoms with Crippen molar-refractivity contribution in [2.45, 2.75) is 19.5 Å². The van der Waals surface area contributed by atoms with E-state index >= 15 is 0 Å². The molecule has 148 valence electrons. The lowest BCUT2D eigenvalue weighted by atomic mass is 10.00. The third-order valence-electron chi connectivity index (χ3n) is 4.41. The maximum absolute atomic E-state index is 12.7. The maximum atomic E-state index is 12.7. The first-order chi connectivity index (χ1) is 13.5. The highest BCUT2D eigenvalue weighted by atomic mass is 35.5. The largest absolute Gasteiger partial charge is 0.467 e. The molecule has 28 heavy (non-hydrogen) atoms. The van der Waals surface area contributed by atoms with Crippen LogP contribution in [0.2, 0.25) is 5.02 Å². The Bertz CT molecular complexity index is 879. The first-order valence-electron chi connectivity index (χ1n) is 9.05. The van der Waals surface area contributed by atoms with Crippen LogP contribution in [0.4, 0.5) is 4.79 Å². The number of carbonyl (C=O) groups is 2. The molecular weight excluding hydrogens is 382 g/mol. The molecular formula is C20H23ClN3O4+. The molecule has 0 spiro atoms. The van der Waals surface area contributed by atoms with Crippen LogP contribution in [0.3, 0.4) is 0 Å². The van der Waals surface area contributed by atoms with Crippen LogP contribution >= 0.6 is 11.6 Å². The molecule has 0 saturated heterocycles.